The summed E-state index contributed by atoms with van der Waals surface area (Å²) in [5.74, 6) is 0. The van der Waals surface area contributed by atoms with E-state index in [9.17, 15) is 5.26 Å². The van der Waals surface area contributed by atoms with Crippen LogP contribution < -0.4 is 20.7 Å². The summed E-state index contributed by atoms with van der Waals surface area (Å²) in [5, 5.41) is 17.4. The number of nitrogens with zero attached hydrogens (tertiary/aromatic N) is 1. The lowest BCUT2D eigenvalue weighted by atomic mass is 10.0. The average Bonchev–Trinajstić information content (AvgIpc) is 3.41. The van der Waals surface area contributed by atoms with Crippen molar-refractivity contribution in [2.75, 3.05) is 0 Å². The molecule has 0 unspecified atom stereocenters. The van der Waals surface area contributed by atoms with E-state index in [2.05, 4.69) is 146 Å². The third-order valence-corrected chi connectivity index (χ3v) is 13.8. The van der Waals surface area contributed by atoms with Gasteiger partial charge in [-0.15, -0.1) is 11.3 Å². The molecule has 40 heavy (non-hydrogen) atoms. The molecule has 1 heterocycles. The van der Waals surface area contributed by atoms with E-state index in [-0.39, 0.29) is 0 Å². The van der Waals surface area contributed by atoms with Gasteiger partial charge >= 0.3 is 0 Å². The van der Waals surface area contributed by atoms with Crippen molar-refractivity contribution >= 4 is 60.3 Å². The van der Waals surface area contributed by atoms with Crippen molar-refractivity contribution in [1.82, 2.24) is 0 Å². The summed E-state index contributed by atoms with van der Waals surface area (Å²) in [4.78, 5) is 0. The van der Waals surface area contributed by atoms with E-state index in [4.69, 9.17) is 0 Å². The Kier molecular flexibility index (Phi) is 6.13. The molecule has 188 valence electrons. The molecule has 1 nitrogen and oxygen atoms in total. The van der Waals surface area contributed by atoms with Gasteiger partial charge in [-0.2, -0.15) is 5.26 Å². The molecule has 0 amide bonds. The standard InChI is InChI=1S/C37H25NSSi/c38-26-27-18-20-28(21-19-27)29-10-9-15-32(24-29)40(30-11-3-1-4-12-30,31-13-5-2-6-14-31)33-22-23-37-35(25-33)34-16-7-8-17-36(34)39-37/h1-25H. The van der Waals surface area contributed by atoms with Gasteiger partial charge in [0.25, 0.3) is 0 Å². The quantitative estimate of drug-likeness (QED) is 0.170. The van der Waals surface area contributed by atoms with Gasteiger partial charge < -0.3 is 0 Å². The van der Waals surface area contributed by atoms with Crippen LogP contribution in [0.2, 0.25) is 0 Å². The number of nitriles is 1. The summed E-state index contributed by atoms with van der Waals surface area (Å²) < 4.78 is 2.64. The molecule has 0 atom stereocenters. The smallest absolute Gasteiger partial charge is 0.179 e. The highest BCUT2D eigenvalue weighted by molar-refractivity contribution is 7.26. The first-order valence-electron chi connectivity index (χ1n) is 13.4. The zero-order valence-corrected chi connectivity index (χ0v) is 23.6. The van der Waals surface area contributed by atoms with Gasteiger partial charge in [-0.25, -0.2) is 0 Å². The van der Waals surface area contributed by atoms with Crippen molar-refractivity contribution in [3.05, 3.63) is 157 Å². The predicted octanol–water partition coefficient (Wildman–Crippen LogP) is 6.97. The van der Waals surface area contributed by atoms with Gasteiger partial charge in [0.1, 0.15) is 0 Å². The Morgan fingerprint density at radius 2 is 1.05 bits per heavy atom. The fraction of sp³-hybridized carbons (Fsp3) is 0. The molecule has 7 rings (SSSR count). The van der Waals surface area contributed by atoms with Crippen molar-refractivity contribution in [2.45, 2.75) is 0 Å². The Hall–Kier alpha value is -4.75. The molecule has 1 aromatic heterocycles. The zero-order chi connectivity index (χ0) is 26.9. The second-order valence-electron chi connectivity index (χ2n) is 10.1. The predicted molar refractivity (Wildman–Crippen MR) is 173 cm³/mol. The maximum atomic E-state index is 9.31. The fourth-order valence-electron chi connectivity index (χ4n) is 6.00. The van der Waals surface area contributed by atoms with Crippen LogP contribution in [0.25, 0.3) is 31.3 Å². The number of rotatable bonds is 5. The second kappa shape index (κ2) is 10.1. The highest BCUT2D eigenvalue weighted by atomic mass is 32.1. The maximum Gasteiger partial charge on any atom is 0.179 e. The van der Waals surface area contributed by atoms with E-state index in [0.29, 0.717) is 5.56 Å². The minimum absolute atomic E-state index is 0.675. The topological polar surface area (TPSA) is 23.8 Å². The Labute approximate surface area is 239 Å². The molecular weight excluding hydrogens is 519 g/mol. The first-order valence-corrected chi connectivity index (χ1v) is 16.2. The monoisotopic (exact) mass is 543 g/mol. The van der Waals surface area contributed by atoms with Crippen LogP contribution in [-0.4, -0.2) is 8.07 Å². The second-order valence-corrected chi connectivity index (χ2v) is 15.0. The van der Waals surface area contributed by atoms with E-state index in [1.54, 1.807) is 0 Å². The van der Waals surface area contributed by atoms with Crippen LogP contribution in [0.1, 0.15) is 5.56 Å². The van der Waals surface area contributed by atoms with Crippen molar-refractivity contribution in [1.29, 1.82) is 5.26 Å². The highest BCUT2D eigenvalue weighted by Gasteiger charge is 2.41. The van der Waals surface area contributed by atoms with Crippen molar-refractivity contribution in [3.8, 4) is 17.2 Å². The largest absolute Gasteiger partial charge is 0.192 e. The van der Waals surface area contributed by atoms with Crippen LogP contribution in [0.4, 0.5) is 0 Å². The van der Waals surface area contributed by atoms with Crippen LogP contribution in [0.15, 0.2) is 152 Å². The number of benzene rings is 6. The number of fused-ring (bicyclic) bond motifs is 3. The van der Waals surface area contributed by atoms with Crippen molar-refractivity contribution in [3.63, 3.8) is 0 Å². The minimum Gasteiger partial charge on any atom is -0.192 e. The summed E-state index contributed by atoms with van der Waals surface area (Å²) in [6, 6.07) is 57.2. The van der Waals surface area contributed by atoms with Crippen molar-refractivity contribution in [2.24, 2.45) is 0 Å². The van der Waals surface area contributed by atoms with Gasteiger partial charge in [0.15, 0.2) is 8.07 Å². The third-order valence-electron chi connectivity index (χ3n) is 7.87. The van der Waals surface area contributed by atoms with Crippen LogP contribution in [0.3, 0.4) is 0 Å². The highest BCUT2D eigenvalue weighted by Crippen LogP contribution is 2.33. The van der Waals surface area contributed by atoms with Gasteiger partial charge in [-0.1, -0.05) is 127 Å². The zero-order valence-electron chi connectivity index (χ0n) is 21.8. The van der Waals surface area contributed by atoms with Gasteiger partial charge in [-0.3, -0.25) is 0 Å². The van der Waals surface area contributed by atoms with Gasteiger partial charge in [0.2, 0.25) is 0 Å². The molecule has 7 aromatic rings. The van der Waals surface area contributed by atoms with E-state index in [1.807, 2.05) is 23.5 Å². The van der Waals surface area contributed by atoms with Crippen LogP contribution in [0.5, 0.6) is 0 Å². The third kappa shape index (κ3) is 3.98. The summed E-state index contributed by atoms with van der Waals surface area (Å²) >= 11 is 1.86. The summed E-state index contributed by atoms with van der Waals surface area (Å²) in [5.41, 5.74) is 2.95. The summed E-state index contributed by atoms with van der Waals surface area (Å²) in [7, 11) is -2.71. The van der Waals surface area contributed by atoms with Gasteiger partial charge in [0, 0.05) is 20.2 Å². The lowest BCUT2D eigenvalue weighted by Crippen LogP contribution is -2.74. The van der Waals surface area contributed by atoms with Crippen molar-refractivity contribution < 1.29 is 0 Å². The van der Waals surface area contributed by atoms with E-state index in [0.717, 1.165) is 11.1 Å². The Morgan fingerprint density at radius 1 is 0.450 bits per heavy atom. The molecule has 0 saturated heterocycles. The summed E-state index contributed by atoms with van der Waals surface area (Å²) in [6.45, 7) is 0. The number of thiophene rings is 1. The van der Waals surface area contributed by atoms with E-state index in [1.165, 1.54) is 40.9 Å². The van der Waals surface area contributed by atoms with E-state index < -0.39 is 8.07 Å². The molecule has 0 bridgehead atoms. The van der Waals surface area contributed by atoms with E-state index >= 15 is 0 Å². The lowest BCUT2D eigenvalue weighted by molar-refractivity contribution is 1.48. The fourth-order valence-corrected chi connectivity index (χ4v) is 11.9. The SMILES string of the molecule is N#Cc1ccc(-c2cccc([Si](c3ccccc3)(c3ccccc3)c3ccc4sc5ccccc5c4c3)c2)cc1. The Bertz CT molecular complexity index is 1960. The van der Waals surface area contributed by atoms with Crippen LogP contribution >= 0.6 is 11.3 Å². The minimum atomic E-state index is -2.71. The molecular formula is C37H25NSSi. The molecule has 0 aliphatic carbocycles. The molecule has 0 saturated carbocycles. The number of hydrogen-bond acceptors (Lipinski definition) is 2. The normalized spacial score (nSPS) is 11.5. The van der Waals surface area contributed by atoms with Gasteiger partial charge in [0.05, 0.1) is 11.6 Å². The molecule has 0 spiro atoms. The first kappa shape index (κ1) is 24.3. The molecule has 6 aromatic carbocycles. The first-order chi connectivity index (χ1) is 19.8. The molecule has 0 fully saturated rings. The maximum absolute atomic E-state index is 9.31. The van der Waals surface area contributed by atoms with Gasteiger partial charge in [-0.05, 0) is 56.1 Å². The average molecular weight is 544 g/mol. The summed E-state index contributed by atoms with van der Waals surface area (Å²) in [6.07, 6.45) is 0. The van der Waals surface area contributed by atoms with Crippen LogP contribution in [-0.2, 0) is 0 Å². The molecule has 0 aliphatic heterocycles. The Balaban J connectivity index is 1.56. The molecule has 0 N–H and O–H groups in total. The molecule has 3 heteroatoms. The molecule has 0 radical (unpaired) electrons. The number of hydrogen-bond donors (Lipinski definition) is 0. The Morgan fingerprint density at radius 3 is 1.75 bits per heavy atom. The van der Waals surface area contributed by atoms with Crippen LogP contribution in [0, 0.1) is 11.3 Å². The lowest BCUT2D eigenvalue weighted by Gasteiger charge is -2.34. The molecule has 0 aliphatic rings.